The highest BCUT2D eigenvalue weighted by atomic mass is 35.5. The molecule has 0 bridgehead atoms. The normalized spacial score (nSPS) is 12.1. The predicted octanol–water partition coefficient (Wildman–Crippen LogP) is 3.71. The van der Waals surface area contributed by atoms with Crippen molar-refractivity contribution < 1.29 is 38.8 Å². The molecule has 2 rings (SSSR count). The van der Waals surface area contributed by atoms with Gasteiger partial charge in [0.15, 0.2) is 0 Å². The van der Waals surface area contributed by atoms with Gasteiger partial charge in [-0.25, -0.2) is 8.37 Å². The molecule has 0 fully saturated rings. The van der Waals surface area contributed by atoms with Gasteiger partial charge in [0.2, 0.25) is 13.6 Å². The minimum atomic E-state index is -4.16. The van der Waals surface area contributed by atoms with Gasteiger partial charge in [0, 0.05) is 14.6 Å². The molecule has 0 aliphatic carbocycles. The van der Waals surface area contributed by atoms with E-state index in [1.54, 1.807) is 0 Å². The van der Waals surface area contributed by atoms with Crippen LogP contribution in [0.1, 0.15) is 0 Å². The summed E-state index contributed by atoms with van der Waals surface area (Å²) >= 11 is 11.3. The molecule has 9 nitrogen and oxygen atoms in total. The predicted molar refractivity (Wildman–Crippen MR) is 99.0 cm³/mol. The number of benzene rings is 2. The average Bonchev–Trinajstić information content (AvgIpc) is 2.62. The molecule has 0 heterocycles. The van der Waals surface area contributed by atoms with Crippen LogP contribution in [0.15, 0.2) is 58.3 Å². The van der Waals surface area contributed by atoms with Gasteiger partial charge in [-0.15, -0.1) is 0 Å². The summed E-state index contributed by atoms with van der Waals surface area (Å²) in [7, 11) is -11.2. The highest BCUT2D eigenvalue weighted by Gasteiger charge is 2.26. The Morgan fingerprint density at radius 2 is 1.00 bits per heavy atom. The van der Waals surface area contributed by atoms with Gasteiger partial charge in [0.05, 0.1) is 9.79 Å². The molecule has 0 atom stereocenters. The summed E-state index contributed by atoms with van der Waals surface area (Å²) in [6.45, 7) is -1.85. The second-order valence-corrected chi connectivity index (χ2v) is 9.84. The molecule has 0 saturated carbocycles. The topological polar surface area (TPSA) is 122 Å². The lowest BCUT2D eigenvalue weighted by atomic mass is 10.4. The second kappa shape index (κ2) is 10.1. The smallest absolute Gasteiger partial charge is 0.232 e. The van der Waals surface area contributed by atoms with Gasteiger partial charge in [-0.1, -0.05) is 32.2 Å². The maximum atomic E-state index is 11.9. The molecule has 0 N–H and O–H groups in total. The quantitative estimate of drug-likeness (QED) is 0.279. The summed E-state index contributed by atoms with van der Waals surface area (Å²) in [6, 6.07) is 10.2. The minimum Gasteiger partial charge on any atom is -0.232 e. The van der Waals surface area contributed by atoms with E-state index in [2.05, 4.69) is 17.4 Å². The van der Waals surface area contributed by atoms with Crippen molar-refractivity contribution in [3.8, 4) is 0 Å². The molecule has 0 radical (unpaired) electrons. The van der Waals surface area contributed by atoms with Crippen molar-refractivity contribution in [2.24, 2.45) is 0 Å². The van der Waals surface area contributed by atoms with Crippen molar-refractivity contribution in [1.82, 2.24) is 0 Å². The van der Waals surface area contributed by atoms with Crippen LogP contribution >= 0.6 is 31.5 Å². The summed E-state index contributed by atoms with van der Waals surface area (Å²) in [5.41, 5.74) is 0. The Hall–Kier alpha value is -1.14. The Morgan fingerprint density at radius 1 is 0.679 bits per heavy atom. The Labute approximate surface area is 172 Å². The Morgan fingerprint density at radius 3 is 1.32 bits per heavy atom. The number of hydrogen-bond acceptors (Lipinski definition) is 9. The van der Waals surface area contributed by atoms with Crippen molar-refractivity contribution in [2.75, 3.05) is 13.6 Å². The molecule has 0 spiro atoms. The SMILES string of the molecule is O=[P+](OCOS(=O)(=O)c1ccc(Cl)cc1)OCOS(=O)(=O)c1ccc(Cl)cc1. The van der Waals surface area contributed by atoms with E-state index in [4.69, 9.17) is 23.2 Å². The van der Waals surface area contributed by atoms with Gasteiger partial charge in [-0.05, 0) is 48.5 Å². The zero-order chi connectivity index (χ0) is 20.8. The third-order valence-electron chi connectivity index (χ3n) is 2.93. The lowest BCUT2D eigenvalue weighted by Gasteiger charge is -2.03. The van der Waals surface area contributed by atoms with E-state index in [-0.39, 0.29) is 9.79 Å². The maximum absolute atomic E-state index is 11.9. The van der Waals surface area contributed by atoms with Gasteiger partial charge in [0.1, 0.15) is 0 Å². The van der Waals surface area contributed by atoms with Crippen molar-refractivity contribution in [2.45, 2.75) is 9.79 Å². The van der Waals surface area contributed by atoms with E-state index in [0.29, 0.717) is 10.0 Å². The molecule has 0 saturated heterocycles. The third kappa shape index (κ3) is 7.03. The van der Waals surface area contributed by atoms with Crippen LogP contribution in [0.5, 0.6) is 0 Å². The molecule has 0 aromatic heterocycles. The molecular formula is C14H12Cl2O9PS2+. The first-order chi connectivity index (χ1) is 13.1. The van der Waals surface area contributed by atoms with Gasteiger partial charge in [0.25, 0.3) is 20.2 Å². The van der Waals surface area contributed by atoms with Crippen LogP contribution in [-0.2, 0) is 42.2 Å². The van der Waals surface area contributed by atoms with Gasteiger partial charge >= 0.3 is 8.25 Å². The molecule has 0 amide bonds. The standard InChI is InChI=1S/C14H12Cl2O9PS2/c15-11-1-5-13(6-2-11)27(18,19)24-9-22-26(17)23-10-25-28(20,21)14-7-3-12(16)4-8-14/h1-8H,9-10H2/q+1. The second-order valence-electron chi connectivity index (χ2n) is 4.77. The fourth-order valence-electron chi connectivity index (χ4n) is 1.63. The van der Waals surface area contributed by atoms with Gasteiger partial charge in [-0.2, -0.15) is 16.8 Å². The third-order valence-corrected chi connectivity index (χ3v) is 6.58. The van der Waals surface area contributed by atoms with Crippen LogP contribution in [0.3, 0.4) is 0 Å². The van der Waals surface area contributed by atoms with Crippen LogP contribution in [-0.4, -0.2) is 30.4 Å². The van der Waals surface area contributed by atoms with E-state index in [1.807, 2.05) is 0 Å². The molecule has 2 aromatic carbocycles. The first kappa shape index (κ1) is 23.1. The number of halogens is 2. The molecular weight excluding hydrogens is 478 g/mol. The lowest BCUT2D eigenvalue weighted by molar-refractivity contribution is 0.0754. The Balaban J connectivity index is 1.77. The first-order valence-electron chi connectivity index (χ1n) is 7.13. The first-order valence-corrected chi connectivity index (χ1v) is 11.8. The Kier molecular flexibility index (Phi) is 8.31. The minimum absolute atomic E-state index is 0.186. The van der Waals surface area contributed by atoms with E-state index >= 15 is 0 Å². The van der Waals surface area contributed by atoms with Crippen LogP contribution in [0, 0.1) is 0 Å². The fraction of sp³-hybridized carbons (Fsp3) is 0.143. The zero-order valence-corrected chi connectivity index (χ0v) is 17.8. The van der Waals surface area contributed by atoms with E-state index in [0.717, 1.165) is 0 Å². The van der Waals surface area contributed by atoms with Crippen molar-refractivity contribution >= 4 is 51.7 Å². The fourth-order valence-corrected chi connectivity index (χ4v) is 3.94. The van der Waals surface area contributed by atoms with Crippen LogP contribution in [0.2, 0.25) is 10.0 Å². The molecule has 28 heavy (non-hydrogen) atoms. The van der Waals surface area contributed by atoms with E-state index in [1.165, 1.54) is 48.5 Å². The van der Waals surface area contributed by atoms with Crippen LogP contribution < -0.4 is 0 Å². The summed E-state index contributed by atoms with van der Waals surface area (Å²) in [6.07, 6.45) is 0. The Bertz CT molecular complexity index is 940. The highest BCUT2D eigenvalue weighted by molar-refractivity contribution is 7.87. The summed E-state index contributed by atoms with van der Waals surface area (Å²) in [5.74, 6) is 0. The molecule has 0 aliphatic rings. The summed E-state index contributed by atoms with van der Waals surface area (Å²) < 4.78 is 77.0. The van der Waals surface area contributed by atoms with Crippen molar-refractivity contribution in [3.05, 3.63) is 58.6 Å². The molecule has 0 unspecified atom stereocenters. The molecule has 152 valence electrons. The lowest BCUT2D eigenvalue weighted by Crippen LogP contribution is -2.09. The molecule has 0 aliphatic heterocycles. The van der Waals surface area contributed by atoms with E-state index < -0.39 is 42.1 Å². The van der Waals surface area contributed by atoms with Gasteiger partial charge < -0.3 is 0 Å². The largest absolute Gasteiger partial charge is 0.702 e. The maximum Gasteiger partial charge on any atom is 0.702 e. The van der Waals surface area contributed by atoms with Crippen molar-refractivity contribution in [3.63, 3.8) is 0 Å². The zero-order valence-electron chi connectivity index (χ0n) is 13.7. The summed E-state index contributed by atoms with van der Waals surface area (Å²) in [4.78, 5) is -0.372. The summed E-state index contributed by atoms with van der Waals surface area (Å²) in [5, 5.41) is 0.667. The molecule has 14 heteroatoms. The van der Waals surface area contributed by atoms with Crippen LogP contribution in [0.4, 0.5) is 0 Å². The van der Waals surface area contributed by atoms with Crippen LogP contribution in [0.25, 0.3) is 0 Å². The average molecular weight is 490 g/mol. The monoisotopic (exact) mass is 489 g/mol. The van der Waals surface area contributed by atoms with Gasteiger partial charge in [-0.3, -0.25) is 0 Å². The highest BCUT2D eigenvalue weighted by Crippen LogP contribution is 2.25. The van der Waals surface area contributed by atoms with Crippen molar-refractivity contribution in [1.29, 1.82) is 0 Å². The molecule has 2 aromatic rings. The number of hydrogen-bond donors (Lipinski definition) is 0. The number of rotatable bonds is 10. The van der Waals surface area contributed by atoms with E-state index in [9.17, 15) is 21.4 Å².